The van der Waals surface area contributed by atoms with Gasteiger partial charge in [-0.05, 0) is 175 Å². The summed E-state index contributed by atoms with van der Waals surface area (Å²) in [5.74, 6) is -0.423. The first-order chi connectivity index (χ1) is 51.6. The molecule has 11 nitrogen and oxygen atoms in total. The van der Waals surface area contributed by atoms with Crippen LogP contribution in [0.15, 0.2) is 170 Å². The number of ether oxygens (including phenoxy) is 4. The Morgan fingerprint density at radius 1 is 0.276 bits per heavy atom. The van der Waals surface area contributed by atoms with Gasteiger partial charge in [0.25, 0.3) is 0 Å². The fourth-order valence-electron chi connectivity index (χ4n) is 11.4. The molecule has 0 aliphatic heterocycles. The van der Waals surface area contributed by atoms with Gasteiger partial charge in [-0.25, -0.2) is 0 Å². The van der Waals surface area contributed by atoms with Crippen molar-refractivity contribution in [3.8, 4) is 0 Å². The SMILES string of the molecule is CC/C=C\C/C=C\C/C=C\C/C=C\C/C=C\C/C=C\CCC(=O)OC(C/C=C\CCCCCCCCOC(=O)CCN(C)CCN(CC)CCN(C)CCC(=O)OCCCCCCCC/C=C\CC(CCCCCC)OC(=O)CC/C=C\C/C=C\C/C=C\C/C=C\C/C=C\C/C=C\CC)CCCCCC. The van der Waals surface area contributed by atoms with E-state index in [1.807, 2.05) is 0 Å². The molecule has 0 saturated carbocycles. The molecule has 0 aliphatic rings. The van der Waals surface area contributed by atoms with E-state index in [0.717, 1.165) is 213 Å². The second kappa shape index (κ2) is 82.2. The minimum Gasteiger partial charge on any atom is -0.466 e. The van der Waals surface area contributed by atoms with Gasteiger partial charge in [0.05, 0.1) is 26.1 Å². The van der Waals surface area contributed by atoms with Crippen molar-refractivity contribution in [1.29, 1.82) is 0 Å². The first-order valence-electron chi connectivity index (χ1n) is 42.5. The van der Waals surface area contributed by atoms with Crippen LogP contribution in [0.1, 0.15) is 317 Å². The molecule has 0 heterocycles. The molecule has 0 aromatic heterocycles. The number of carbonyl (C=O) groups is 4. The molecule has 0 aromatic rings. The third-order valence-corrected chi connectivity index (χ3v) is 18.2. The van der Waals surface area contributed by atoms with Gasteiger partial charge in [0.15, 0.2) is 0 Å². The number of carbonyl (C=O) groups excluding carboxylic acids is 4. The molecule has 0 N–H and O–H groups in total. The highest BCUT2D eigenvalue weighted by Crippen LogP contribution is 2.18. The molecule has 2 atom stereocenters. The highest BCUT2D eigenvalue weighted by atomic mass is 16.6. The standard InChI is InChI=1S/C94H157N3O8/c1-8-13-17-21-23-25-27-29-31-33-35-37-39-41-43-49-55-61-69-77-93(100)104-89(73-65-19-15-10-3)75-67-59-53-47-45-51-57-63-71-87-102-91(98)79-81-95(6)83-85-97(12-5)86-84-96(7)82-80-92(99)103-88-72-64-58-52-46-48-54-60-68-76-90(74-66-20-16-11-4)105-94(101)78-70-62-56-50-44-42-40-38-36-34-32-30-28-26-24-22-18-14-9-2/h13-14,17-18,23-26,29-32,35-38,41-44,55-56,59-62,67-68,89-90H,8-12,15-16,19-22,27-28,33-34,39-40,45-54,57-58,63-66,69-88H2,1-7H3/b17-13-,18-14-,25-23-,26-24-,31-29-,32-30-,37-35-,38-36-,43-41-,44-42-,61-55-,62-56-,67-59-,68-60-. The average Bonchev–Trinajstić information content (AvgIpc) is 3.80. The van der Waals surface area contributed by atoms with E-state index in [-0.39, 0.29) is 36.1 Å². The number of esters is 4. The quantitative estimate of drug-likeness (QED) is 0.0251. The van der Waals surface area contributed by atoms with Crippen molar-refractivity contribution in [1.82, 2.24) is 14.7 Å². The molecule has 596 valence electrons. The second-order valence-corrected chi connectivity index (χ2v) is 28.0. The van der Waals surface area contributed by atoms with E-state index in [9.17, 15) is 19.2 Å². The first-order valence-corrected chi connectivity index (χ1v) is 42.5. The molecule has 0 amide bonds. The first kappa shape index (κ1) is 99.1. The number of allylic oxidation sites excluding steroid dienone is 26. The van der Waals surface area contributed by atoms with Gasteiger partial charge in [-0.15, -0.1) is 0 Å². The summed E-state index contributed by atoms with van der Waals surface area (Å²) in [5.41, 5.74) is 0. The summed E-state index contributed by atoms with van der Waals surface area (Å²) in [5, 5.41) is 0. The molecule has 0 spiro atoms. The van der Waals surface area contributed by atoms with Crippen molar-refractivity contribution in [3.63, 3.8) is 0 Å². The maximum absolute atomic E-state index is 12.8. The van der Waals surface area contributed by atoms with Gasteiger partial charge in [0.1, 0.15) is 12.2 Å². The summed E-state index contributed by atoms with van der Waals surface area (Å²) in [7, 11) is 4.14. The van der Waals surface area contributed by atoms with Gasteiger partial charge >= 0.3 is 23.9 Å². The molecule has 0 fully saturated rings. The summed E-state index contributed by atoms with van der Waals surface area (Å²) in [6.45, 7) is 17.8. The fourth-order valence-corrected chi connectivity index (χ4v) is 11.4. The van der Waals surface area contributed by atoms with Crippen molar-refractivity contribution >= 4 is 23.9 Å². The number of unbranched alkanes of at least 4 members (excludes halogenated alkanes) is 18. The highest BCUT2D eigenvalue weighted by molar-refractivity contribution is 5.70. The highest BCUT2D eigenvalue weighted by Gasteiger charge is 2.15. The lowest BCUT2D eigenvalue weighted by atomic mass is 10.1. The number of rotatable bonds is 75. The van der Waals surface area contributed by atoms with Gasteiger partial charge in [-0.1, -0.05) is 295 Å². The third-order valence-electron chi connectivity index (χ3n) is 18.2. The molecule has 0 radical (unpaired) electrons. The number of nitrogens with zero attached hydrogens (tertiary/aromatic N) is 3. The zero-order valence-corrected chi connectivity index (χ0v) is 68.4. The maximum Gasteiger partial charge on any atom is 0.307 e. The molecular formula is C94H157N3O8. The Kier molecular flexibility index (Phi) is 77.6. The van der Waals surface area contributed by atoms with E-state index >= 15 is 0 Å². The Morgan fingerprint density at radius 2 is 0.562 bits per heavy atom. The minimum absolute atomic E-state index is 0.0450. The molecular weight excluding hydrogens is 1300 g/mol. The fraction of sp³-hybridized carbons (Fsp3) is 0.660. The predicted octanol–water partition coefficient (Wildman–Crippen LogP) is 25.1. The van der Waals surface area contributed by atoms with Gasteiger partial charge in [0, 0.05) is 65.0 Å². The molecule has 0 rings (SSSR count). The normalized spacial score (nSPS) is 13.4. The van der Waals surface area contributed by atoms with Gasteiger partial charge in [0.2, 0.25) is 0 Å². The number of hydrogen-bond donors (Lipinski definition) is 0. The number of hydrogen-bond acceptors (Lipinski definition) is 11. The Bertz CT molecular complexity index is 2270. The van der Waals surface area contributed by atoms with Crippen LogP contribution in [0, 0.1) is 0 Å². The Morgan fingerprint density at radius 3 is 0.876 bits per heavy atom. The summed E-state index contributed by atoms with van der Waals surface area (Å²) < 4.78 is 23.1. The Hall–Kier alpha value is -5.88. The van der Waals surface area contributed by atoms with Crippen LogP contribution in [0.4, 0.5) is 0 Å². The van der Waals surface area contributed by atoms with Crippen molar-refractivity contribution in [2.24, 2.45) is 0 Å². The van der Waals surface area contributed by atoms with Crippen LogP contribution in [0.3, 0.4) is 0 Å². The molecule has 11 heteroatoms. The summed E-state index contributed by atoms with van der Waals surface area (Å²) in [6.07, 6.45) is 105. The van der Waals surface area contributed by atoms with Gasteiger partial charge < -0.3 is 33.6 Å². The van der Waals surface area contributed by atoms with Crippen LogP contribution in [0.25, 0.3) is 0 Å². The van der Waals surface area contributed by atoms with E-state index in [2.05, 4.69) is 234 Å². The van der Waals surface area contributed by atoms with Crippen LogP contribution in [0.2, 0.25) is 0 Å². The Balaban J connectivity index is 4.14. The van der Waals surface area contributed by atoms with Crippen LogP contribution in [-0.4, -0.2) is 124 Å². The maximum atomic E-state index is 12.8. The van der Waals surface area contributed by atoms with E-state index in [1.54, 1.807) is 0 Å². The largest absolute Gasteiger partial charge is 0.466 e. The summed E-state index contributed by atoms with van der Waals surface area (Å²) >= 11 is 0. The molecule has 2 unspecified atom stereocenters. The third kappa shape index (κ3) is 77.5. The molecule has 0 saturated heterocycles. The van der Waals surface area contributed by atoms with Crippen LogP contribution < -0.4 is 0 Å². The second-order valence-electron chi connectivity index (χ2n) is 28.0. The zero-order valence-electron chi connectivity index (χ0n) is 68.4. The smallest absolute Gasteiger partial charge is 0.307 e. The van der Waals surface area contributed by atoms with Crippen LogP contribution in [-0.2, 0) is 38.1 Å². The lowest BCUT2D eigenvalue weighted by molar-refractivity contribution is -0.150. The Labute approximate surface area is 645 Å². The lowest BCUT2D eigenvalue weighted by Crippen LogP contribution is -2.38. The molecule has 0 aromatic carbocycles. The summed E-state index contributed by atoms with van der Waals surface area (Å²) in [4.78, 5) is 57.5. The molecule has 105 heavy (non-hydrogen) atoms. The van der Waals surface area contributed by atoms with Crippen molar-refractivity contribution in [2.75, 3.05) is 73.1 Å². The minimum atomic E-state index is -0.119. The predicted molar refractivity (Wildman–Crippen MR) is 453 cm³/mol. The summed E-state index contributed by atoms with van der Waals surface area (Å²) in [6, 6.07) is 0. The zero-order chi connectivity index (χ0) is 76.3. The average molecular weight is 1460 g/mol. The van der Waals surface area contributed by atoms with Gasteiger partial charge in [-0.2, -0.15) is 0 Å². The lowest BCUT2D eigenvalue weighted by Gasteiger charge is -2.26. The van der Waals surface area contributed by atoms with Crippen molar-refractivity contribution in [2.45, 2.75) is 329 Å². The molecule has 0 bridgehead atoms. The van der Waals surface area contributed by atoms with Gasteiger partial charge in [-0.3, -0.25) is 19.2 Å². The topological polar surface area (TPSA) is 115 Å². The molecule has 0 aliphatic carbocycles. The number of likely N-dealkylation sites (N-methyl/N-ethyl adjacent to an activating group) is 3. The van der Waals surface area contributed by atoms with E-state index in [0.29, 0.717) is 64.8 Å². The van der Waals surface area contributed by atoms with E-state index in [4.69, 9.17) is 18.9 Å². The monoisotopic (exact) mass is 1460 g/mol. The van der Waals surface area contributed by atoms with E-state index < -0.39 is 0 Å². The van der Waals surface area contributed by atoms with E-state index in [1.165, 1.54) is 64.2 Å². The van der Waals surface area contributed by atoms with Crippen LogP contribution in [0.5, 0.6) is 0 Å². The van der Waals surface area contributed by atoms with Crippen molar-refractivity contribution < 1.29 is 38.1 Å². The van der Waals surface area contributed by atoms with Crippen molar-refractivity contribution in [3.05, 3.63) is 170 Å². The van der Waals surface area contributed by atoms with Crippen LogP contribution >= 0.6 is 0 Å².